The van der Waals surface area contributed by atoms with Crippen molar-refractivity contribution >= 4 is 0 Å². The first-order valence-electron chi connectivity index (χ1n) is 19.3. The summed E-state index contributed by atoms with van der Waals surface area (Å²) >= 11 is 0. The van der Waals surface area contributed by atoms with Crippen LogP contribution in [0.5, 0.6) is 0 Å². The molecule has 1 unspecified atom stereocenters. The van der Waals surface area contributed by atoms with Gasteiger partial charge < -0.3 is 14.9 Å². The highest BCUT2D eigenvalue weighted by Gasteiger charge is 2.11. The van der Waals surface area contributed by atoms with Crippen LogP contribution >= 0.6 is 0 Å². The first-order chi connectivity index (χ1) is 20.2. The lowest BCUT2D eigenvalue weighted by Gasteiger charge is -2.26. The predicted molar refractivity (Wildman–Crippen MR) is 186 cm³/mol. The van der Waals surface area contributed by atoms with Crippen LogP contribution < -0.4 is 0 Å². The molecule has 0 bridgehead atoms. The van der Waals surface area contributed by atoms with E-state index in [1.165, 1.54) is 193 Å². The fourth-order valence-corrected chi connectivity index (χ4v) is 6.17. The maximum atomic E-state index is 10.3. The highest BCUT2D eigenvalue weighted by molar-refractivity contribution is 4.66. The molecule has 0 aliphatic rings. The van der Waals surface area contributed by atoms with Gasteiger partial charge in [0.1, 0.15) is 0 Å². The lowest BCUT2D eigenvalue weighted by Crippen LogP contribution is -2.34. The van der Waals surface area contributed by atoms with Gasteiger partial charge in [0.05, 0.1) is 6.10 Å². The van der Waals surface area contributed by atoms with Gasteiger partial charge in [-0.25, -0.2) is 0 Å². The largest absolute Gasteiger partial charge is 0.392 e. The smallest absolute Gasteiger partial charge is 0.0664 e. The highest BCUT2D eigenvalue weighted by Crippen LogP contribution is 2.14. The van der Waals surface area contributed by atoms with Crippen LogP contribution in [0.1, 0.15) is 201 Å². The van der Waals surface area contributed by atoms with Gasteiger partial charge in [-0.05, 0) is 64.8 Å². The van der Waals surface area contributed by atoms with E-state index in [1.807, 2.05) is 0 Å². The van der Waals surface area contributed by atoms with E-state index < -0.39 is 0 Å². The minimum atomic E-state index is -0.162. The van der Waals surface area contributed by atoms with E-state index in [9.17, 15) is 5.11 Å². The first kappa shape index (κ1) is 40.9. The van der Waals surface area contributed by atoms with Crippen molar-refractivity contribution in [1.82, 2.24) is 9.80 Å². The van der Waals surface area contributed by atoms with Gasteiger partial charge in [0.15, 0.2) is 0 Å². The molecule has 0 aromatic rings. The third kappa shape index (κ3) is 31.1. The topological polar surface area (TPSA) is 26.7 Å². The molecule has 0 aromatic heterocycles. The summed E-state index contributed by atoms with van der Waals surface area (Å²) in [6.07, 6.45) is 37.3. The van der Waals surface area contributed by atoms with E-state index in [0.717, 1.165) is 19.5 Å². The van der Waals surface area contributed by atoms with E-state index in [2.05, 4.69) is 37.5 Å². The summed E-state index contributed by atoms with van der Waals surface area (Å²) in [5.74, 6) is 0. The van der Waals surface area contributed by atoms with Crippen LogP contribution in [0.25, 0.3) is 0 Å². The van der Waals surface area contributed by atoms with Gasteiger partial charge in [-0.1, -0.05) is 169 Å². The lowest BCUT2D eigenvalue weighted by atomic mass is 10.1. The summed E-state index contributed by atoms with van der Waals surface area (Å²) in [5.41, 5.74) is 0. The molecule has 0 spiro atoms. The molecule has 0 saturated carbocycles. The Labute approximate surface area is 261 Å². The Morgan fingerprint density at radius 1 is 0.366 bits per heavy atom. The first-order valence-corrected chi connectivity index (χ1v) is 19.3. The van der Waals surface area contributed by atoms with Gasteiger partial charge in [0, 0.05) is 6.54 Å². The van der Waals surface area contributed by atoms with Crippen molar-refractivity contribution in [2.45, 2.75) is 207 Å². The standard InChI is InChI=1S/C38H80N2O/c1-5-9-11-13-15-17-19-21-23-25-27-29-33-39(8-4)34-31-32-36-40(37-38(41)7-3)35-30-28-26-24-22-20-18-16-14-12-10-6-2/h38,41H,5-37H2,1-4H3. The van der Waals surface area contributed by atoms with Crippen LogP contribution in [0, 0.1) is 0 Å². The minimum Gasteiger partial charge on any atom is -0.392 e. The summed E-state index contributed by atoms with van der Waals surface area (Å²) in [6.45, 7) is 16.0. The van der Waals surface area contributed by atoms with Gasteiger partial charge >= 0.3 is 0 Å². The molecular weight excluding hydrogens is 500 g/mol. The van der Waals surface area contributed by atoms with Crippen LogP contribution in [0.15, 0.2) is 0 Å². The lowest BCUT2D eigenvalue weighted by molar-refractivity contribution is 0.106. The Bertz CT molecular complexity index is 471. The van der Waals surface area contributed by atoms with Gasteiger partial charge in [-0.2, -0.15) is 0 Å². The maximum Gasteiger partial charge on any atom is 0.0664 e. The Kier molecular flexibility index (Phi) is 34.3. The summed E-state index contributed by atoms with van der Waals surface area (Å²) in [7, 11) is 0. The Morgan fingerprint density at radius 3 is 0.927 bits per heavy atom. The van der Waals surface area contributed by atoms with Gasteiger partial charge in [0.25, 0.3) is 0 Å². The molecule has 0 aliphatic heterocycles. The molecule has 0 aliphatic carbocycles. The van der Waals surface area contributed by atoms with E-state index in [1.54, 1.807) is 0 Å². The van der Waals surface area contributed by atoms with E-state index >= 15 is 0 Å². The second kappa shape index (κ2) is 34.4. The van der Waals surface area contributed by atoms with Crippen molar-refractivity contribution < 1.29 is 5.11 Å². The summed E-state index contributed by atoms with van der Waals surface area (Å²) in [6, 6.07) is 0. The zero-order chi connectivity index (χ0) is 30.1. The number of rotatable bonds is 35. The van der Waals surface area contributed by atoms with Crippen molar-refractivity contribution in [2.75, 3.05) is 39.3 Å². The number of hydrogen-bond donors (Lipinski definition) is 1. The molecule has 3 heteroatoms. The number of aliphatic hydroxyl groups is 1. The van der Waals surface area contributed by atoms with Gasteiger partial charge in [0.2, 0.25) is 0 Å². The molecule has 248 valence electrons. The van der Waals surface area contributed by atoms with Crippen molar-refractivity contribution in [1.29, 1.82) is 0 Å². The molecule has 0 saturated heterocycles. The SMILES string of the molecule is CCCCCCCCCCCCCCN(CC)CCCCN(CCCCCCCCCCCCCC)CC(O)CC. The average Bonchev–Trinajstić information content (AvgIpc) is 2.98. The zero-order valence-electron chi connectivity index (χ0n) is 29.3. The third-order valence-electron chi connectivity index (χ3n) is 9.24. The highest BCUT2D eigenvalue weighted by atomic mass is 16.3. The molecule has 1 atom stereocenters. The van der Waals surface area contributed by atoms with Crippen LogP contribution in [0.4, 0.5) is 0 Å². The van der Waals surface area contributed by atoms with Crippen LogP contribution in [0.2, 0.25) is 0 Å². The minimum absolute atomic E-state index is 0.162. The van der Waals surface area contributed by atoms with Crippen molar-refractivity contribution in [3.63, 3.8) is 0 Å². The van der Waals surface area contributed by atoms with Gasteiger partial charge in [-0.15, -0.1) is 0 Å². The van der Waals surface area contributed by atoms with E-state index in [-0.39, 0.29) is 6.10 Å². The third-order valence-corrected chi connectivity index (χ3v) is 9.24. The molecule has 0 radical (unpaired) electrons. The molecular formula is C38H80N2O. The van der Waals surface area contributed by atoms with Crippen LogP contribution in [0.3, 0.4) is 0 Å². The number of nitrogens with zero attached hydrogens (tertiary/aromatic N) is 2. The molecule has 0 fully saturated rings. The van der Waals surface area contributed by atoms with Crippen LogP contribution in [-0.2, 0) is 0 Å². The predicted octanol–water partition coefficient (Wildman–Crippen LogP) is 11.6. The van der Waals surface area contributed by atoms with Crippen LogP contribution in [-0.4, -0.2) is 60.3 Å². The number of aliphatic hydroxyl groups excluding tert-OH is 1. The maximum absolute atomic E-state index is 10.3. The second-order valence-electron chi connectivity index (χ2n) is 13.3. The molecule has 0 amide bonds. The normalized spacial score (nSPS) is 12.7. The molecule has 41 heavy (non-hydrogen) atoms. The fraction of sp³-hybridized carbons (Fsp3) is 1.00. The molecule has 0 heterocycles. The van der Waals surface area contributed by atoms with Crippen molar-refractivity contribution in [2.24, 2.45) is 0 Å². The Morgan fingerprint density at radius 2 is 0.634 bits per heavy atom. The summed E-state index contributed by atoms with van der Waals surface area (Å²) in [4.78, 5) is 5.23. The quantitative estimate of drug-likeness (QED) is 0.0755. The van der Waals surface area contributed by atoms with E-state index in [4.69, 9.17) is 0 Å². The fourth-order valence-electron chi connectivity index (χ4n) is 6.17. The average molecular weight is 581 g/mol. The number of unbranched alkanes of at least 4 members (excludes halogenated alkanes) is 23. The molecule has 0 aromatic carbocycles. The van der Waals surface area contributed by atoms with Crippen molar-refractivity contribution in [3.05, 3.63) is 0 Å². The molecule has 0 rings (SSSR count). The zero-order valence-corrected chi connectivity index (χ0v) is 29.3. The summed E-state index contributed by atoms with van der Waals surface area (Å²) in [5, 5.41) is 10.3. The Hall–Kier alpha value is -0.120. The Balaban J connectivity index is 3.81. The van der Waals surface area contributed by atoms with Gasteiger partial charge in [-0.3, -0.25) is 0 Å². The number of hydrogen-bond acceptors (Lipinski definition) is 3. The van der Waals surface area contributed by atoms with Crippen molar-refractivity contribution in [3.8, 4) is 0 Å². The second-order valence-corrected chi connectivity index (χ2v) is 13.3. The molecule has 1 N–H and O–H groups in total. The summed E-state index contributed by atoms with van der Waals surface area (Å²) < 4.78 is 0. The molecule has 3 nitrogen and oxygen atoms in total. The van der Waals surface area contributed by atoms with E-state index in [0.29, 0.717) is 0 Å². The monoisotopic (exact) mass is 581 g/mol.